The SMILES string of the molecule is CCC1(C)C(=O)NCC(=O)N1Cc1cc(OC)cc(C)n1. The van der Waals surface area contributed by atoms with E-state index in [1.165, 1.54) is 0 Å². The van der Waals surface area contributed by atoms with Gasteiger partial charge in [-0.2, -0.15) is 0 Å². The molecule has 1 aliphatic rings. The average molecular weight is 291 g/mol. The lowest BCUT2D eigenvalue weighted by atomic mass is 9.92. The fourth-order valence-electron chi connectivity index (χ4n) is 2.52. The van der Waals surface area contributed by atoms with Gasteiger partial charge in [0.25, 0.3) is 0 Å². The van der Waals surface area contributed by atoms with E-state index in [0.29, 0.717) is 18.7 Å². The highest BCUT2D eigenvalue weighted by atomic mass is 16.5. The highest BCUT2D eigenvalue weighted by Crippen LogP contribution is 2.26. The van der Waals surface area contributed by atoms with Gasteiger partial charge in [-0.3, -0.25) is 14.6 Å². The molecule has 1 fully saturated rings. The van der Waals surface area contributed by atoms with Gasteiger partial charge in [-0.05, 0) is 20.3 Å². The van der Waals surface area contributed by atoms with E-state index in [-0.39, 0.29) is 18.4 Å². The van der Waals surface area contributed by atoms with Crippen LogP contribution in [0.3, 0.4) is 0 Å². The number of nitrogens with one attached hydrogen (secondary N) is 1. The van der Waals surface area contributed by atoms with Crippen molar-refractivity contribution in [2.75, 3.05) is 13.7 Å². The van der Waals surface area contributed by atoms with Crippen molar-refractivity contribution in [1.29, 1.82) is 0 Å². The number of aromatic nitrogens is 1. The molecule has 0 saturated carbocycles. The number of ether oxygens (including phenoxy) is 1. The van der Waals surface area contributed by atoms with Crippen molar-refractivity contribution in [1.82, 2.24) is 15.2 Å². The van der Waals surface area contributed by atoms with Crippen LogP contribution >= 0.6 is 0 Å². The van der Waals surface area contributed by atoms with E-state index >= 15 is 0 Å². The number of carbonyl (C=O) groups excluding carboxylic acids is 2. The Labute approximate surface area is 124 Å². The number of pyridine rings is 1. The molecule has 2 rings (SSSR count). The minimum Gasteiger partial charge on any atom is -0.497 e. The maximum absolute atomic E-state index is 12.2. The Hall–Kier alpha value is -2.11. The van der Waals surface area contributed by atoms with Crippen LogP contribution in [0, 0.1) is 6.92 Å². The fourth-order valence-corrected chi connectivity index (χ4v) is 2.52. The van der Waals surface area contributed by atoms with Crippen LogP contribution in [0.15, 0.2) is 12.1 Å². The highest BCUT2D eigenvalue weighted by Gasteiger charge is 2.44. The van der Waals surface area contributed by atoms with Crippen LogP contribution in [0.5, 0.6) is 5.75 Å². The first kappa shape index (κ1) is 15.3. The van der Waals surface area contributed by atoms with Crippen molar-refractivity contribution in [3.8, 4) is 5.75 Å². The molecular formula is C15H21N3O3. The van der Waals surface area contributed by atoms with Crippen LogP contribution < -0.4 is 10.1 Å². The van der Waals surface area contributed by atoms with Crippen LogP contribution in [0.2, 0.25) is 0 Å². The van der Waals surface area contributed by atoms with Gasteiger partial charge >= 0.3 is 0 Å². The normalized spacial score (nSPS) is 22.2. The number of hydrogen-bond donors (Lipinski definition) is 1. The molecule has 0 aromatic carbocycles. The minimum atomic E-state index is -0.839. The molecule has 21 heavy (non-hydrogen) atoms. The van der Waals surface area contributed by atoms with Crippen molar-refractivity contribution in [3.63, 3.8) is 0 Å². The predicted molar refractivity (Wildman–Crippen MR) is 77.8 cm³/mol. The third-order valence-corrected chi connectivity index (χ3v) is 4.01. The molecule has 0 bridgehead atoms. The van der Waals surface area contributed by atoms with Crippen LogP contribution in [0.4, 0.5) is 0 Å². The number of aryl methyl sites for hydroxylation is 1. The maximum Gasteiger partial charge on any atom is 0.246 e. The Morgan fingerprint density at radius 2 is 2.14 bits per heavy atom. The van der Waals surface area contributed by atoms with Crippen LogP contribution in [-0.2, 0) is 16.1 Å². The molecule has 1 aromatic rings. The first-order chi connectivity index (χ1) is 9.90. The highest BCUT2D eigenvalue weighted by molar-refractivity contribution is 5.97. The number of nitrogens with zero attached hydrogens (tertiary/aromatic N) is 2. The van der Waals surface area contributed by atoms with Gasteiger partial charge in [0.1, 0.15) is 11.3 Å². The molecular weight excluding hydrogens is 270 g/mol. The standard InChI is InChI=1S/C15H21N3O3/c1-5-15(3)14(20)16-8-13(19)18(15)9-11-7-12(21-4)6-10(2)17-11/h6-7H,5,8-9H2,1-4H3,(H,16,20). The van der Waals surface area contributed by atoms with Crippen molar-refractivity contribution in [3.05, 3.63) is 23.5 Å². The molecule has 1 unspecified atom stereocenters. The Bertz CT molecular complexity index is 573. The molecule has 1 saturated heterocycles. The van der Waals surface area contributed by atoms with Crippen molar-refractivity contribution in [2.45, 2.75) is 39.3 Å². The fraction of sp³-hybridized carbons (Fsp3) is 0.533. The summed E-state index contributed by atoms with van der Waals surface area (Å²) in [7, 11) is 1.59. The average Bonchev–Trinajstić information content (AvgIpc) is 2.47. The largest absolute Gasteiger partial charge is 0.497 e. The summed E-state index contributed by atoms with van der Waals surface area (Å²) in [6.45, 7) is 5.89. The number of rotatable bonds is 4. The second-order valence-corrected chi connectivity index (χ2v) is 5.43. The second-order valence-electron chi connectivity index (χ2n) is 5.43. The van der Waals surface area contributed by atoms with E-state index in [1.54, 1.807) is 25.0 Å². The number of piperazine rings is 1. The Morgan fingerprint density at radius 1 is 1.43 bits per heavy atom. The summed E-state index contributed by atoms with van der Waals surface area (Å²) in [6, 6.07) is 3.62. The zero-order valence-electron chi connectivity index (χ0n) is 12.9. The van der Waals surface area contributed by atoms with Crippen molar-refractivity contribution >= 4 is 11.8 Å². The molecule has 2 amide bonds. The predicted octanol–water partition coefficient (Wildman–Crippen LogP) is 1.03. The summed E-state index contributed by atoms with van der Waals surface area (Å²) < 4.78 is 5.23. The summed E-state index contributed by atoms with van der Waals surface area (Å²) in [5, 5.41) is 2.65. The minimum absolute atomic E-state index is 0.0391. The molecule has 6 nitrogen and oxygen atoms in total. The van der Waals surface area contributed by atoms with Gasteiger partial charge in [-0.1, -0.05) is 6.92 Å². The maximum atomic E-state index is 12.2. The lowest BCUT2D eigenvalue weighted by molar-refractivity contribution is -0.153. The smallest absolute Gasteiger partial charge is 0.246 e. The van der Waals surface area contributed by atoms with Crippen LogP contribution in [-0.4, -0.2) is 40.9 Å². The molecule has 1 N–H and O–H groups in total. The van der Waals surface area contributed by atoms with Crippen molar-refractivity contribution < 1.29 is 14.3 Å². The first-order valence-corrected chi connectivity index (χ1v) is 7.01. The summed E-state index contributed by atoms with van der Waals surface area (Å²) in [4.78, 5) is 30.4. The summed E-state index contributed by atoms with van der Waals surface area (Å²) >= 11 is 0. The van der Waals surface area contributed by atoms with Crippen LogP contribution in [0.1, 0.15) is 31.7 Å². The van der Waals surface area contributed by atoms with Crippen LogP contribution in [0.25, 0.3) is 0 Å². The van der Waals surface area contributed by atoms with Gasteiger partial charge < -0.3 is 15.0 Å². The molecule has 1 aliphatic heterocycles. The monoisotopic (exact) mass is 291 g/mol. The van der Waals surface area contributed by atoms with Gasteiger partial charge in [0.15, 0.2) is 0 Å². The van der Waals surface area contributed by atoms with E-state index in [0.717, 1.165) is 11.4 Å². The topological polar surface area (TPSA) is 71.5 Å². The number of amides is 2. The number of carbonyl (C=O) groups is 2. The van der Waals surface area contributed by atoms with E-state index in [2.05, 4.69) is 10.3 Å². The Morgan fingerprint density at radius 3 is 2.76 bits per heavy atom. The second kappa shape index (κ2) is 5.71. The van der Waals surface area contributed by atoms with Gasteiger partial charge in [-0.15, -0.1) is 0 Å². The third kappa shape index (κ3) is 2.84. The first-order valence-electron chi connectivity index (χ1n) is 7.01. The molecule has 0 radical (unpaired) electrons. The van der Waals surface area contributed by atoms with E-state index in [9.17, 15) is 9.59 Å². The third-order valence-electron chi connectivity index (χ3n) is 4.01. The Kier molecular flexibility index (Phi) is 4.16. The summed E-state index contributed by atoms with van der Waals surface area (Å²) in [5.74, 6) is 0.482. The molecule has 2 heterocycles. The van der Waals surface area contributed by atoms with Gasteiger partial charge in [0, 0.05) is 17.8 Å². The number of hydrogen-bond acceptors (Lipinski definition) is 4. The molecule has 1 aromatic heterocycles. The lowest BCUT2D eigenvalue weighted by Crippen LogP contribution is -2.65. The quantitative estimate of drug-likeness (QED) is 0.899. The van der Waals surface area contributed by atoms with Crippen molar-refractivity contribution in [2.24, 2.45) is 0 Å². The van der Waals surface area contributed by atoms with E-state index < -0.39 is 5.54 Å². The van der Waals surface area contributed by atoms with Gasteiger partial charge in [-0.25, -0.2) is 0 Å². The van der Waals surface area contributed by atoms with E-state index in [1.807, 2.05) is 19.9 Å². The zero-order chi connectivity index (χ0) is 15.6. The molecule has 1 atom stereocenters. The molecule has 6 heteroatoms. The number of methoxy groups -OCH3 is 1. The molecule has 114 valence electrons. The van der Waals surface area contributed by atoms with Gasteiger partial charge in [0.2, 0.25) is 11.8 Å². The summed E-state index contributed by atoms with van der Waals surface area (Å²) in [5.41, 5.74) is 0.694. The van der Waals surface area contributed by atoms with Gasteiger partial charge in [0.05, 0.1) is 25.9 Å². The molecule has 0 spiro atoms. The van der Waals surface area contributed by atoms with E-state index in [4.69, 9.17) is 4.74 Å². The summed E-state index contributed by atoms with van der Waals surface area (Å²) in [6.07, 6.45) is 0.549. The lowest BCUT2D eigenvalue weighted by Gasteiger charge is -2.42. The molecule has 0 aliphatic carbocycles. The Balaban J connectivity index is 2.33. The zero-order valence-corrected chi connectivity index (χ0v) is 12.9.